The van der Waals surface area contributed by atoms with Crippen molar-refractivity contribution in [2.24, 2.45) is 0 Å². The summed E-state index contributed by atoms with van der Waals surface area (Å²) in [4.78, 5) is 41.1. The number of amides is 2. The fourth-order valence-electron chi connectivity index (χ4n) is 4.57. The minimum atomic E-state index is -0.480. The molecule has 3 aromatic carbocycles. The second-order valence-electron chi connectivity index (χ2n) is 8.65. The molecule has 2 heterocycles. The highest BCUT2D eigenvalue weighted by Gasteiger charge is 2.42. The summed E-state index contributed by atoms with van der Waals surface area (Å²) >= 11 is 0. The highest BCUT2D eigenvalue weighted by Crippen LogP contribution is 2.35. The van der Waals surface area contributed by atoms with Gasteiger partial charge in [0.15, 0.2) is 0 Å². The highest BCUT2D eigenvalue weighted by atomic mass is 16.6. The van der Waals surface area contributed by atoms with E-state index < -0.39 is 4.92 Å². The SMILES string of the molecule is Cc1ccc(CN2C(=O)C(c3ccc([N+](=O)[O-])cc3)=C(N3CCc4ccccc4C3)C2=O)cc1. The molecule has 0 saturated carbocycles. The molecule has 7 nitrogen and oxygen atoms in total. The van der Waals surface area contributed by atoms with E-state index in [4.69, 9.17) is 0 Å². The van der Waals surface area contributed by atoms with Crippen LogP contribution in [0.1, 0.15) is 27.8 Å². The topological polar surface area (TPSA) is 83.8 Å². The van der Waals surface area contributed by atoms with E-state index in [1.807, 2.05) is 54.3 Å². The normalized spacial score (nSPS) is 15.7. The van der Waals surface area contributed by atoms with Crippen molar-refractivity contribution in [2.75, 3.05) is 6.54 Å². The van der Waals surface area contributed by atoms with Gasteiger partial charge in [0.25, 0.3) is 17.5 Å². The average molecular weight is 453 g/mol. The summed E-state index contributed by atoms with van der Waals surface area (Å²) in [6.45, 7) is 3.29. The molecule has 0 radical (unpaired) electrons. The molecule has 0 saturated heterocycles. The Morgan fingerprint density at radius 1 is 0.882 bits per heavy atom. The molecule has 170 valence electrons. The number of aryl methyl sites for hydroxylation is 1. The first kappa shape index (κ1) is 21.6. The van der Waals surface area contributed by atoms with Gasteiger partial charge in [-0.05, 0) is 47.7 Å². The summed E-state index contributed by atoms with van der Waals surface area (Å²) in [5.74, 6) is -0.716. The van der Waals surface area contributed by atoms with Crippen molar-refractivity contribution in [2.45, 2.75) is 26.4 Å². The Bertz CT molecular complexity index is 1330. The van der Waals surface area contributed by atoms with Crippen LogP contribution in [0.4, 0.5) is 5.69 Å². The van der Waals surface area contributed by atoms with Gasteiger partial charge in [-0.1, -0.05) is 54.1 Å². The highest BCUT2D eigenvalue weighted by molar-refractivity contribution is 6.35. The van der Waals surface area contributed by atoms with Crippen molar-refractivity contribution >= 4 is 23.1 Å². The van der Waals surface area contributed by atoms with Crippen molar-refractivity contribution in [3.8, 4) is 0 Å². The Morgan fingerprint density at radius 3 is 2.24 bits per heavy atom. The van der Waals surface area contributed by atoms with Crippen LogP contribution in [0.15, 0.2) is 78.5 Å². The molecule has 2 amide bonds. The molecule has 7 heteroatoms. The van der Waals surface area contributed by atoms with E-state index in [0.717, 1.165) is 23.1 Å². The van der Waals surface area contributed by atoms with E-state index in [1.165, 1.54) is 22.6 Å². The predicted octanol–water partition coefficient (Wildman–Crippen LogP) is 4.24. The van der Waals surface area contributed by atoms with Crippen molar-refractivity contribution < 1.29 is 14.5 Å². The number of benzene rings is 3. The van der Waals surface area contributed by atoms with E-state index in [1.54, 1.807) is 12.1 Å². The Hall–Kier alpha value is -4.26. The van der Waals surface area contributed by atoms with Crippen LogP contribution in [0.25, 0.3) is 5.57 Å². The van der Waals surface area contributed by atoms with Gasteiger partial charge in [-0.25, -0.2) is 0 Å². The summed E-state index contributed by atoms with van der Waals surface area (Å²) < 4.78 is 0. The second-order valence-corrected chi connectivity index (χ2v) is 8.65. The van der Waals surface area contributed by atoms with Gasteiger partial charge >= 0.3 is 0 Å². The number of imide groups is 1. The van der Waals surface area contributed by atoms with Gasteiger partial charge in [-0.15, -0.1) is 0 Å². The number of nitro groups is 1. The monoisotopic (exact) mass is 453 g/mol. The van der Waals surface area contributed by atoms with Crippen LogP contribution in [0, 0.1) is 17.0 Å². The number of carbonyl (C=O) groups is 2. The maximum Gasteiger partial charge on any atom is 0.278 e. The van der Waals surface area contributed by atoms with Crippen LogP contribution in [-0.2, 0) is 29.1 Å². The van der Waals surface area contributed by atoms with Gasteiger partial charge in [-0.2, -0.15) is 0 Å². The molecule has 3 aromatic rings. The van der Waals surface area contributed by atoms with E-state index in [9.17, 15) is 19.7 Å². The molecular formula is C27H23N3O4. The van der Waals surface area contributed by atoms with Crippen molar-refractivity contribution in [1.82, 2.24) is 9.80 Å². The number of carbonyl (C=O) groups excluding carboxylic acids is 2. The van der Waals surface area contributed by atoms with Crippen molar-refractivity contribution in [3.63, 3.8) is 0 Å². The Balaban J connectivity index is 1.55. The molecule has 0 unspecified atom stereocenters. The minimum absolute atomic E-state index is 0.0638. The molecule has 0 aliphatic carbocycles. The quantitative estimate of drug-likeness (QED) is 0.328. The van der Waals surface area contributed by atoms with Gasteiger partial charge in [0, 0.05) is 25.2 Å². The van der Waals surface area contributed by atoms with E-state index in [2.05, 4.69) is 6.07 Å². The summed E-state index contributed by atoms with van der Waals surface area (Å²) in [7, 11) is 0. The molecule has 2 aliphatic heterocycles. The van der Waals surface area contributed by atoms with Crippen LogP contribution in [0.2, 0.25) is 0 Å². The summed E-state index contributed by atoms with van der Waals surface area (Å²) in [6.07, 6.45) is 0.770. The molecule has 2 aliphatic rings. The molecule has 0 spiro atoms. The molecule has 0 N–H and O–H groups in total. The zero-order valence-corrected chi connectivity index (χ0v) is 18.7. The van der Waals surface area contributed by atoms with E-state index in [-0.39, 0.29) is 24.0 Å². The Morgan fingerprint density at radius 2 is 1.56 bits per heavy atom. The lowest BCUT2D eigenvalue weighted by molar-refractivity contribution is -0.384. The molecule has 0 aromatic heterocycles. The van der Waals surface area contributed by atoms with Crippen molar-refractivity contribution in [3.05, 3.63) is 116 Å². The van der Waals surface area contributed by atoms with Gasteiger partial charge < -0.3 is 4.90 Å². The molecular weight excluding hydrogens is 430 g/mol. The number of nitrogens with zero attached hydrogens (tertiary/aromatic N) is 3. The predicted molar refractivity (Wildman–Crippen MR) is 127 cm³/mol. The lowest BCUT2D eigenvalue weighted by atomic mass is 9.98. The lowest BCUT2D eigenvalue weighted by Crippen LogP contribution is -2.37. The molecule has 5 rings (SSSR count). The smallest absolute Gasteiger partial charge is 0.278 e. The first-order chi connectivity index (χ1) is 16.4. The van der Waals surface area contributed by atoms with Crippen LogP contribution in [0.5, 0.6) is 0 Å². The van der Waals surface area contributed by atoms with Crippen LogP contribution >= 0.6 is 0 Å². The summed E-state index contributed by atoms with van der Waals surface area (Å²) in [6, 6.07) is 21.7. The Labute approximate surface area is 197 Å². The number of nitro benzene ring substituents is 1. The summed E-state index contributed by atoms with van der Waals surface area (Å²) in [5, 5.41) is 11.1. The van der Waals surface area contributed by atoms with E-state index >= 15 is 0 Å². The second kappa shape index (κ2) is 8.59. The van der Waals surface area contributed by atoms with Gasteiger partial charge in [0.2, 0.25) is 0 Å². The van der Waals surface area contributed by atoms with Crippen LogP contribution < -0.4 is 0 Å². The van der Waals surface area contributed by atoms with Gasteiger partial charge in [0.1, 0.15) is 5.70 Å². The lowest BCUT2D eigenvalue weighted by Gasteiger charge is -2.31. The number of non-ortho nitro benzene ring substituents is 1. The van der Waals surface area contributed by atoms with Crippen LogP contribution in [0.3, 0.4) is 0 Å². The van der Waals surface area contributed by atoms with Gasteiger partial charge in [0.05, 0.1) is 17.0 Å². The third-order valence-corrected chi connectivity index (χ3v) is 6.42. The molecule has 0 bridgehead atoms. The van der Waals surface area contributed by atoms with Gasteiger partial charge in [-0.3, -0.25) is 24.6 Å². The molecule has 34 heavy (non-hydrogen) atoms. The number of rotatable bonds is 5. The average Bonchev–Trinajstić information content (AvgIpc) is 3.10. The fraction of sp³-hybridized carbons (Fsp3) is 0.185. The first-order valence-electron chi connectivity index (χ1n) is 11.1. The number of fused-ring (bicyclic) bond motifs is 1. The minimum Gasteiger partial charge on any atom is -0.362 e. The van der Waals surface area contributed by atoms with Crippen LogP contribution in [-0.4, -0.2) is 33.1 Å². The maximum atomic E-state index is 13.7. The zero-order chi connectivity index (χ0) is 23.8. The first-order valence-corrected chi connectivity index (χ1v) is 11.1. The third kappa shape index (κ3) is 3.85. The van der Waals surface area contributed by atoms with Crippen molar-refractivity contribution in [1.29, 1.82) is 0 Å². The fourth-order valence-corrected chi connectivity index (χ4v) is 4.57. The Kier molecular flexibility index (Phi) is 5.45. The zero-order valence-electron chi connectivity index (χ0n) is 18.7. The largest absolute Gasteiger partial charge is 0.362 e. The third-order valence-electron chi connectivity index (χ3n) is 6.42. The number of hydrogen-bond donors (Lipinski definition) is 0. The molecule has 0 fully saturated rings. The summed E-state index contributed by atoms with van der Waals surface area (Å²) in [5.41, 5.74) is 5.42. The number of hydrogen-bond acceptors (Lipinski definition) is 5. The maximum absolute atomic E-state index is 13.7. The standard InChI is InChI=1S/C27H23N3O4/c1-18-6-8-19(9-7-18)16-29-26(31)24(21-10-12-23(13-11-21)30(33)34)25(27(29)32)28-15-14-20-4-2-3-5-22(20)17-28/h2-13H,14-17H2,1H3. The molecule has 0 atom stereocenters. The van der Waals surface area contributed by atoms with E-state index in [0.29, 0.717) is 29.9 Å².